The van der Waals surface area contributed by atoms with Crippen LogP contribution >= 0.6 is 0 Å². The predicted octanol–water partition coefficient (Wildman–Crippen LogP) is 0.990. The van der Waals surface area contributed by atoms with Gasteiger partial charge < -0.3 is 9.47 Å². The van der Waals surface area contributed by atoms with E-state index < -0.39 is 0 Å². The quantitative estimate of drug-likeness (QED) is 0.633. The maximum Gasteiger partial charge on any atom is 0.0835 e. The van der Waals surface area contributed by atoms with Gasteiger partial charge in [0.05, 0.1) is 12.2 Å². The summed E-state index contributed by atoms with van der Waals surface area (Å²) < 4.78 is 10.9. The van der Waals surface area contributed by atoms with Crippen molar-refractivity contribution in [3.63, 3.8) is 0 Å². The zero-order valence-corrected chi connectivity index (χ0v) is 11.1. The minimum atomic E-state index is 0.343. The summed E-state index contributed by atoms with van der Waals surface area (Å²) in [7, 11) is 4.94. The number of hydrogen-bond donors (Lipinski definition) is 0. The standard InChI is InChI=1S/C10H22O2Si/c1-11-9-4-3-8(5-6-13)7-10(9)12-2/h8-10H,3-7H2,1-2,13H3. The molecule has 1 saturated carbocycles. The lowest BCUT2D eigenvalue weighted by atomic mass is 9.83. The smallest absolute Gasteiger partial charge is 0.0835 e. The van der Waals surface area contributed by atoms with Gasteiger partial charge in [-0.15, -0.1) is 0 Å². The molecule has 2 nitrogen and oxygen atoms in total. The summed E-state index contributed by atoms with van der Waals surface area (Å²) in [6, 6.07) is 1.43. The molecule has 1 aliphatic rings. The number of ether oxygens (including phenoxy) is 2. The lowest BCUT2D eigenvalue weighted by Crippen LogP contribution is -2.36. The van der Waals surface area contributed by atoms with E-state index in [-0.39, 0.29) is 0 Å². The van der Waals surface area contributed by atoms with Gasteiger partial charge >= 0.3 is 0 Å². The molecule has 0 saturated heterocycles. The van der Waals surface area contributed by atoms with Crippen molar-refractivity contribution in [3.8, 4) is 0 Å². The van der Waals surface area contributed by atoms with Crippen LogP contribution in [0.15, 0.2) is 0 Å². The molecule has 0 aliphatic heterocycles. The Labute approximate surface area is 84.4 Å². The van der Waals surface area contributed by atoms with E-state index in [4.69, 9.17) is 9.47 Å². The molecule has 13 heavy (non-hydrogen) atoms. The molecule has 0 aromatic carbocycles. The molecule has 3 heteroatoms. The van der Waals surface area contributed by atoms with Gasteiger partial charge in [0.25, 0.3) is 0 Å². The first-order chi connectivity index (χ1) is 6.31. The van der Waals surface area contributed by atoms with E-state index in [1.54, 1.807) is 14.2 Å². The summed E-state index contributed by atoms with van der Waals surface area (Å²) in [4.78, 5) is 0. The van der Waals surface area contributed by atoms with Crippen molar-refractivity contribution in [3.05, 3.63) is 0 Å². The fraction of sp³-hybridized carbons (Fsp3) is 1.00. The van der Waals surface area contributed by atoms with Crippen molar-refractivity contribution >= 4 is 10.2 Å². The van der Waals surface area contributed by atoms with Gasteiger partial charge in [0.1, 0.15) is 0 Å². The first-order valence-electron chi connectivity index (χ1n) is 5.37. The Morgan fingerprint density at radius 1 is 1.15 bits per heavy atom. The van der Waals surface area contributed by atoms with Crippen LogP contribution < -0.4 is 0 Å². The summed E-state index contributed by atoms with van der Waals surface area (Å²) in [6.45, 7) is 0. The highest BCUT2D eigenvalue weighted by Crippen LogP contribution is 2.30. The summed E-state index contributed by atoms with van der Waals surface area (Å²) in [5.74, 6) is 0.897. The van der Waals surface area contributed by atoms with Gasteiger partial charge in [-0.05, 0) is 25.2 Å². The van der Waals surface area contributed by atoms with Crippen molar-refractivity contribution in [2.45, 2.75) is 43.9 Å². The van der Waals surface area contributed by atoms with E-state index in [1.807, 2.05) is 0 Å². The SMILES string of the molecule is COC1CCC(CC[SiH3])CC1OC. The Morgan fingerprint density at radius 2 is 1.85 bits per heavy atom. The van der Waals surface area contributed by atoms with Gasteiger partial charge in [-0.1, -0.05) is 12.5 Å². The lowest BCUT2D eigenvalue weighted by Gasteiger charge is -2.34. The predicted molar refractivity (Wildman–Crippen MR) is 58.3 cm³/mol. The van der Waals surface area contributed by atoms with E-state index in [0.29, 0.717) is 12.2 Å². The van der Waals surface area contributed by atoms with Gasteiger partial charge in [0.2, 0.25) is 0 Å². The fourth-order valence-electron chi connectivity index (χ4n) is 2.37. The third-order valence-electron chi connectivity index (χ3n) is 3.14. The number of methoxy groups -OCH3 is 2. The van der Waals surface area contributed by atoms with Crippen LogP contribution in [0.2, 0.25) is 6.04 Å². The van der Waals surface area contributed by atoms with Crippen LogP contribution in [0.3, 0.4) is 0 Å². The Bertz CT molecular complexity index is 141. The molecule has 1 rings (SSSR count). The van der Waals surface area contributed by atoms with Crippen molar-refractivity contribution in [2.75, 3.05) is 14.2 Å². The molecule has 0 spiro atoms. The van der Waals surface area contributed by atoms with Gasteiger partial charge in [0, 0.05) is 24.5 Å². The highest BCUT2D eigenvalue weighted by Gasteiger charge is 2.29. The summed E-state index contributed by atoms with van der Waals surface area (Å²) >= 11 is 0. The van der Waals surface area contributed by atoms with Gasteiger partial charge in [-0.25, -0.2) is 0 Å². The molecular formula is C10H22O2Si. The lowest BCUT2D eigenvalue weighted by molar-refractivity contribution is -0.0705. The van der Waals surface area contributed by atoms with Gasteiger partial charge in [0.15, 0.2) is 0 Å². The van der Waals surface area contributed by atoms with Crippen LogP contribution in [0.4, 0.5) is 0 Å². The van der Waals surface area contributed by atoms with Crippen molar-refractivity contribution in [1.29, 1.82) is 0 Å². The zero-order valence-electron chi connectivity index (χ0n) is 9.08. The van der Waals surface area contributed by atoms with Crippen LogP contribution in [0, 0.1) is 5.92 Å². The third-order valence-corrected chi connectivity index (χ3v) is 3.72. The first-order valence-corrected chi connectivity index (χ1v) is 6.78. The Hall–Kier alpha value is 0.137. The van der Waals surface area contributed by atoms with Crippen LogP contribution in [0.5, 0.6) is 0 Å². The average molecular weight is 202 g/mol. The van der Waals surface area contributed by atoms with Crippen LogP contribution in [0.25, 0.3) is 0 Å². The molecule has 0 amide bonds. The second kappa shape index (κ2) is 5.78. The highest BCUT2D eigenvalue weighted by atomic mass is 28.1. The monoisotopic (exact) mass is 202 g/mol. The molecular weight excluding hydrogens is 180 g/mol. The maximum atomic E-state index is 5.46. The minimum absolute atomic E-state index is 0.343. The summed E-state index contributed by atoms with van der Waals surface area (Å²) in [5.41, 5.74) is 0. The highest BCUT2D eigenvalue weighted by molar-refractivity contribution is 6.08. The third kappa shape index (κ3) is 3.08. The Morgan fingerprint density at radius 3 is 2.38 bits per heavy atom. The maximum absolute atomic E-state index is 5.46. The Kier molecular flexibility index (Phi) is 4.99. The molecule has 1 fully saturated rings. The second-order valence-corrected chi connectivity index (χ2v) is 5.02. The van der Waals surface area contributed by atoms with Crippen molar-refractivity contribution in [2.24, 2.45) is 5.92 Å². The number of hydrogen-bond acceptors (Lipinski definition) is 2. The largest absolute Gasteiger partial charge is 0.379 e. The van der Waals surface area contributed by atoms with Crippen LogP contribution in [-0.2, 0) is 9.47 Å². The van der Waals surface area contributed by atoms with Crippen LogP contribution in [-0.4, -0.2) is 36.7 Å². The van der Waals surface area contributed by atoms with Gasteiger partial charge in [-0.3, -0.25) is 0 Å². The minimum Gasteiger partial charge on any atom is -0.379 e. The summed E-state index contributed by atoms with van der Waals surface area (Å²) in [6.07, 6.45) is 5.81. The van der Waals surface area contributed by atoms with Crippen molar-refractivity contribution in [1.82, 2.24) is 0 Å². The second-order valence-electron chi connectivity index (χ2n) is 4.02. The topological polar surface area (TPSA) is 18.5 Å². The van der Waals surface area contributed by atoms with Crippen LogP contribution in [0.1, 0.15) is 25.7 Å². The fourth-order valence-corrected chi connectivity index (χ4v) is 3.19. The Balaban J connectivity index is 2.38. The van der Waals surface area contributed by atoms with Gasteiger partial charge in [-0.2, -0.15) is 0 Å². The van der Waals surface area contributed by atoms with E-state index in [0.717, 1.165) is 5.92 Å². The molecule has 0 N–H and O–H groups in total. The molecule has 78 valence electrons. The molecule has 3 atom stereocenters. The molecule has 1 aliphatic carbocycles. The number of rotatable bonds is 4. The molecule has 0 heterocycles. The molecule has 0 radical (unpaired) electrons. The van der Waals surface area contributed by atoms with E-state index in [9.17, 15) is 0 Å². The molecule has 0 aromatic heterocycles. The average Bonchev–Trinajstić information content (AvgIpc) is 2.18. The molecule has 0 aromatic rings. The van der Waals surface area contributed by atoms with E-state index in [2.05, 4.69) is 0 Å². The zero-order chi connectivity index (χ0) is 9.68. The van der Waals surface area contributed by atoms with Crippen molar-refractivity contribution < 1.29 is 9.47 Å². The normalized spacial score (nSPS) is 35.1. The van der Waals surface area contributed by atoms with E-state index in [1.165, 1.54) is 42.0 Å². The van der Waals surface area contributed by atoms with E-state index >= 15 is 0 Å². The molecule has 0 bridgehead atoms. The molecule has 3 unspecified atom stereocenters. The summed E-state index contributed by atoms with van der Waals surface area (Å²) in [5, 5.41) is 0. The first kappa shape index (κ1) is 11.2.